The summed E-state index contributed by atoms with van der Waals surface area (Å²) < 4.78 is 0. The molecular formula is C15H19NO3. The molecule has 0 aliphatic carbocycles. The van der Waals surface area contributed by atoms with Crippen LogP contribution in [0.1, 0.15) is 52.1 Å². The smallest absolute Gasteiger partial charge is 0.262 e. The zero-order chi connectivity index (χ0) is 14.4. The van der Waals surface area contributed by atoms with Gasteiger partial charge in [-0.3, -0.25) is 14.5 Å². The van der Waals surface area contributed by atoms with E-state index in [-0.39, 0.29) is 18.4 Å². The van der Waals surface area contributed by atoms with Gasteiger partial charge in [0.25, 0.3) is 11.8 Å². The highest BCUT2D eigenvalue weighted by molar-refractivity contribution is 6.23. The van der Waals surface area contributed by atoms with Gasteiger partial charge in [-0.15, -0.1) is 0 Å². The van der Waals surface area contributed by atoms with E-state index in [1.54, 1.807) is 13.8 Å². The number of aryl methyl sites for hydroxylation is 2. The number of imide groups is 1. The van der Waals surface area contributed by atoms with Crippen molar-refractivity contribution in [3.05, 3.63) is 34.4 Å². The first kappa shape index (κ1) is 13.7. The van der Waals surface area contributed by atoms with Gasteiger partial charge in [-0.1, -0.05) is 12.1 Å². The number of hydrogen-bond acceptors (Lipinski definition) is 3. The van der Waals surface area contributed by atoms with Gasteiger partial charge in [0.1, 0.15) is 0 Å². The fourth-order valence-electron chi connectivity index (χ4n) is 2.61. The fraction of sp³-hybridized carbons (Fsp3) is 0.467. The van der Waals surface area contributed by atoms with Crippen molar-refractivity contribution in [3.8, 4) is 0 Å². The van der Waals surface area contributed by atoms with E-state index in [9.17, 15) is 9.59 Å². The summed E-state index contributed by atoms with van der Waals surface area (Å²) in [5.74, 6) is -0.501. The lowest BCUT2D eigenvalue weighted by molar-refractivity contribution is 0.0437. The summed E-state index contributed by atoms with van der Waals surface area (Å²) in [5, 5.41) is 9.11. The molecule has 2 amide bonds. The summed E-state index contributed by atoms with van der Waals surface area (Å²) in [5.41, 5.74) is 1.98. The van der Waals surface area contributed by atoms with E-state index < -0.39 is 5.54 Å². The van der Waals surface area contributed by atoms with E-state index in [2.05, 4.69) is 0 Å². The fourth-order valence-corrected chi connectivity index (χ4v) is 2.61. The molecule has 4 heteroatoms. The highest BCUT2D eigenvalue weighted by Gasteiger charge is 2.45. The van der Waals surface area contributed by atoms with E-state index >= 15 is 0 Å². The Balaban J connectivity index is 2.57. The molecule has 1 aliphatic heterocycles. The highest BCUT2D eigenvalue weighted by Crippen LogP contribution is 2.34. The molecule has 102 valence electrons. The van der Waals surface area contributed by atoms with Gasteiger partial charge in [0.05, 0.1) is 11.1 Å². The third kappa shape index (κ3) is 1.96. The lowest BCUT2D eigenvalue weighted by atomic mass is 9.98. The number of carbonyl (C=O) groups is 2. The largest absolute Gasteiger partial charge is 0.396 e. The third-order valence-electron chi connectivity index (χ3n) is 3.78. The predicted octanol–water partition coefficient (Wildman–Crippen LogP) is 2.06. The van der Waals surface area contributed by atoms with E-state index in [1.165, 1.54) is 4.90 Å². The summed E-state index contributed by atoms with van der Waals surface area (Å²) in [6, 6.07) is 3.73. The Morgan fingerprint density at radius 1 is 1.05 bits per heavy atom. The number of carbonyl (C=O) groups excluding carboxylic acids is 2. The number of hydrogen-bond donors (Lipinski definition) is 1. The number of fused-ring (bicyclic) bond motifs is 1. The number of benzene rings is 1. The maximum Gasteiger partial charge on any atom is 0.262 e. The van der Waals surface area contributed by atoms with E-state index in [4.69, 9.17) is 5.11 Å². The molecule has 0 saturated carbocycles. The Kier molecular flexibility index (Phi) is 3.22. The molecular weight excluding hydrogens is 242 g/mol. The van der Waals surface area contributed by atoms with E-state index in [0.717, 1.165) is 11.1 Å². The maximum atomic E-state index is 12.5. The molecule has 0 aromatic heterocycles. The van der Waals surface area contributed by atoms with Crippen molar-refractivity contribution in [3.63, 3.8) is 0 Å². The minimum Gasteiger partial charge on any atom is -0.396 e. The monoisotopic (exact) mass is 261 g/mol. The number of aliphatic hydroxyl groups is 1. The van der Waals surface area contributed by atoms with Crippen molar-refractivity contribution < 1.29 is 14.7 Å². The van der Waals surface area contributed by atoms with Crippen LogP contribution in [-0.4, -0.2) is 34.0 Å². The third-order valence-corrected chi connectivity index (χ3v) is 3.78. The van der Waals surface area contributed by atoms with Gasteiger partial charge in [-0.25, -0.2) is 0 Å². The molecule has 0 atom stereocenters. The van der Waals surface area contributed by atoms with Gasteiger partial charge >= 0.3 is 0 Å². The van der Waals surface area contributed by atoms with Gasteiger partial charge < -0.3 is 5.11 Å². The molecule has 4 nitrogen and oxygen atoms in total. The maximum absolute atomic E-state index is 12.5. The summed E-state index contributed by atoms with van der Waals surface area (Å²) >= 11 is 0. The Morgan fingerprint density at radius 3 is 1.84 bits per heavy atom. The van der Waals surface area contributed by atoms with Crippen molar-refractivity contribution in [2.75, 3.05) is 6.61 Å². The Bertz CT molecular complexity index is 520. The van der Waals surface area contributed by atoms with Crippen LogP contribution in [0.3, 0.4) is 0 Å². The molecule has 0 bridgehead atoms. The van der Waals surface area contributed by atoms with Gasteiger partial charge in [-0.05, 0) is 45.2 Å². The summed E-state index contributed by atoms with van der Waals surface area (Å²) in [6.45, 7) is 7.22. The van der Waals surface area contributed by atoms with Crippen molar-refractivity contribution >= 4 is 11.8 Å². The SMILES string of the molecule is Cc1ccc(C)c2c1C(=O)N(C(C)(C)CCO)C2=O. The molecule has 0 fully saturated rings. The molecule has 2 rings (SSSR count). The molecule has 1 aliphatic rings. The quantitative estimate of drug-likeness (QED) is 0.847. The number of aliphatic hydroxyl groups excluding tert-OH is 1. The molecule has 0 radical (unpaired) electrons. The number of nitrogens with zero attached hydrogens (tertiary/aromatic N) is 1. The van der Waals surface area contributed by atoms with Crippen LogP contribution in [-0.2, 0) is 0 Å². The van der Waals surface area contributed by atoms with E-state index in [1.807, 2.05) is 26.0 Å². The standard InChI is InChI=1S/C15H19NO3/c1-9-5-6-10(2)12-11(9)13(18)16(14(12)19)15(3,4)7-8-17/h5-6,17H,7-8H2,1-4H3. The molecule has 0 unspecified atom stereocenters. The zero-order valence-electron chi connectivity index (χ0n) is 11.8. The van der Waals surface area contributed by atoms with Crippen molar-refractivity contribution in [1.82, 2.24) is 4.90 Å². The van der Waals surface area contributed by atoms with Crippen molar-refractivity contribution in [2.24, 2.45) is 0 Å². The first-order valence-electron chi connectivity index (χ1n) is 6.41. The average Bonchev–Trinajstić information content (AvgIpc) is 2.57. The van der Waals surface area contributed by atoms with Crippen LogP contribution in [0.2, 0.25) is 0 Å². The number of amides is 2. The summed E-state index contributed by atoms with van der Waals surface area (Å²) in [6.07, 6.45) is 0.372. The Morgan fingerprint density at radius 2 is 1.47 bits per heavy atom. The lowest BCUT2D eigenvalue weighted by Crippen LogP contribution is -2.48. The molecule has 1 aromatic rings. The molecule has 1 N–H and O–H groups in total. The second-order valence-electron chi connectivity index (χ2n) is 5.68. The average molecular weight is 261 g/mol. The molecule has 1 aromatic carbocycles. The Hall–Kier alpha value is -1.68. The van der Waals surface area contributed by atoms with Crippen LogP contribution >= 0.6 is 0 Å². The zero-order valence-corrected chi connectivity index (χ0v) is 11.8. The molecule has 0 saturated heterocycles. The highest BCUT2D eigenvalue weighted by atomic mass is 16.3. The van der Waals surface area contributed by atoms with Crippen molar-refractivity contribution in [1.29, 1.82) is 0 Å². The second kappa shape index (κ2) is 4.46. The molecule has 0 spiro atoms. The number of rotatable bonds is 3. The topological polar surface area (TPSA) is 57.6 Å². The summed E-state index contributed by atoms with van der Waals surface area (Å²) in [7, 11) is 0. The van der Waals surface area contributed by atoms with Gasteiger partial charge in [0.2, 0.25) is 0 Å². The Labute approximate surface area is 113 Å². The van der Waals surface area contributed by atoms with Gasteiger partial charge in [0, 0.05) is 12.1 Å². The van der Waals surface area contributed by atoms with Crippen molar-refractivity contribution in [2.45, 2.75) is 39.7 Å². The van der Waals surface area contributed by atoms with Gasteiger partial charge in [0.15, 0.2) is 0 Å². The minimum absolute atomic E-state index is 0.0572. The first-order chi connectivity index (χ1) is 8.81. The van der Waals surface area contributed by atoms with Crippen LogP contribution in [0.4, 0.5) is 0 Å². The molecule has 19 heavy (non-hydrogen) atoms. The lowest BCUT2D eigenvalue weighted by Gasteiger charge is -2.33. The van der Waals surface area contributed by atoms with Crippen LogP contribution in [0, 0.1) is 13.8 Å². The van der Waals surface area contributed by atoms with Crippen LogP contribution in [0.5, 0.6) is 0 Å². The van der Waals surface area contributed by atoms with Crippen LogP contribution in [0.25, 0.3) is 0 Å². The summed E-state index contributed by atoms with van der Waals surface area (Å²) in [4.78, 5) is 26.3. The first-order valence-corrected chi connectivity index (χ1v) is 6.41. The van der Waals surface area contributed by atoms with Crippen LogP contribution < -0.4 is 0 Å². The molecule has 1 heterocycles. The predicted molar refractivity (Wildman–Crippen MR) is 72.2 cm³/mol. The normalized spacial score (nSPS) is 15.1. The van der Waals surface area contributed by atoms with Gasteiger partial charge in [-0.2, -0.15) is 0 Å². The minimum atomic E-state index is -0.680. The second-order valence-corrected chi connectivity index (χ2v) is 5.68. The van der Waals surface area contributed by atoms with E-state index in [0.29, 0.717) is 17.5 Å². The van der Waals surface area contributed by atoms with Crippen LogP contribution in [0.15, 0.2) is 12.1 Å².